The lowest BCUT2D eigenvalue weighted by molar-refractivity contribution is 0.0733. The number of hydrogen-bond donors (Lipinski definition) is 3. The van der Waals surface area contributed by atoms with Gasteiger partial charge < -0.3 is 20.6 Å². The van der Waals surface area contributed by atoms with Crippen molar-refractivity contribution in [3.8, 4) is 11.1 Å². The zero-order valence-electron chi connectivity index (χ0n) is 24.6. The first kappa shape index (κ1) is 29.2. The van der Waals surface area contributed by atoms with Gasteiger partial charge in [-0.1, -0.05) is 30.3 Å². The molecule has 0 aliphatic carbocycles. The lowest BCUT2D eigenvalue weighted by Gasteiger charge is -2.29. The lowest BCUT2D eigenvalue weighted by atomic mass is 9.94. The molecule has 2 fully saturated rings. The average Bonchev–Trinajstić information content (AvgIpc) is 3.84. The minimum absolute atomic E-state index is 0.0742. The highest BCUT2D eigenvalue weighted by Gasteiger charge is 2.34. The smallest absolute Gasteiger partial charge is 0.254 e. The Morgan fingerprint density at radius 2 is 1.93 bits per heavy atom. The Hall–Kier alpha value is -3.86. The van der Waals surface area contributed by atoms with E-state index in [0.29, 0.717) is 24.1 Å². The Kier molecular flexibility index (Phi) is 8.69. The monoisotopic (exact) mass is 598 g/mol. The van der Waals surface area contributed by atoms with Gasteiger partial charge in [0.2, 0.25) is 0 Å². The van der Waals surface area contributed by atoms with Crippen LogP contribution in [0.2, 0.25) is 0 Å². The number of aliphatic hydroxyl groups excluding tert-OH is 1. The van der Waals surface area contributed by atoms with Crippen molar-refractivity contribution in [1.82, 2.24) is 30.3 Å². The van der Waals surface area contributed by atoms with Gasteiger partial charge in [0.1, 0.15) is 5.01 Å². The predicted octanol–water partition coefficient (Wildman–Crippen LogP) is 4.28. The van der Waals surface area contributed by atoms with E-state index in [9.17, 15) is 14.7 Å². The maximum Gasteiger partial charge on any atom is 0.254 e. The maximum atomic E-state index is 14.0. The molecule has 43 heavy (non-hydrogen) atoms. The molecule has 6 rings (SSSR count). The number of thiazole rings is 1. The number of likely N-dealkylation sites (tertiary alicyclic amines) is 1. The van der Waals surface area contributed by atoms with Crippen molar-refractivity contribution in [2.45, 2.75) is 63.3 Å². The topological polar surface area (TPSA) is 112 Å². The van der Waals surface area contributed by atoms with Crippen LogP contribution in [-0.2, 0) is 13.5 Å². The zero-order valence-corrected chi connectivity index (χ0v) is 25.4. The molecule has 2 aliphatic heterocycles. The molecule has 4 heterocycles. The van der Waals surface area contributed by atoms with Gasteiger partial charge in [0.15, 0.2) is 0 Å². The summed E-state index contributed by atoms with van der Waals surface area (Å²) in [4.78, 5) is 34.5. The predicted molar refractivity (Wildman–Crippen MR) is 167 cm³/mol. The van der Waals surface area contributed by atoms with Crippen molar-refractivity contribution in [3.63, 3.8) is 0 Å². The highest BCUT2D eigenvalue weighted by atomic mass is 32.1. The number of nitrogens with one attached hydrogen (secondary N) is 2. The van der Waals surface area contributed by atoms with Crippen LogP contribution in [-0.4, -0.2) is 67.9 Å². The largest absolute Gasteiger partial charge is 0.389 e. The summed E-state index contributed by atoms with van der Waals surface area (Å²) in [6.45, 7) is 3.46. The van der Waals surface area contributed by atoms with Crippen molar-refractivity contribution < 1.29 is 14.7 Å². The van der Waals surface area contributed by atoms with E-state index >= 15 is 0 Å². The Bertz CT molecular complexity index is 1580. The zero-order chi connectivity index (χ0) is 29.9. The Balaban J connectivity index is 1.32. The summed E-state index contributed by atoms with van der Waals surface area (Å²) >= 11 is 1.59. The minimum Gasteiger partial charge on any atom is -0.389 e. The number of rotatable bonds is 9. The second kappa shape index (κ2) is 12.8. The molecule has 2 aliphatic rings. The van der Waals surface area contributed by atoms with Gasteiger partial charge in [-0.3, -0.25) is 14.3 Å². The summed E-state index contributed by atoms with van der Waals surface area (Å²) in [6.07, 6.45) is 6.94. The average molecular weight is 599 g/mol. The Labute approximate surface area is 256 Å². The molecule has 0 radical (unpaired) electrons. The van der Waals surface area contributed by atoms with E-state index in [1.807, 2.05) is 66.8 Å². The van der Waals surface area contributed by atoms with Gasteiger partial charge in [-0.25, -0.2) is 4.98 Å². The third kappa shape index (κ3) is 6.56. The fourth-order valence-electron chi connectivity index (χ4n) is 6.24. The Morgan fingerprint density at radius 3 is 2.63 bits per heavy atom. The number of benzene rings is 2. The summed E-state index contributed by atoms with van der Waals surface area (Å²) in [5.41, 5.74) is 4.36. The van der Waals surface area contributed by atoms with E-state index in [4.69, 9.17) is 0 Å². The van der Waals surface area contributed by atoms with Crippen LogP contribution in [0.15, 0.2) is 66.3 Å². The Morgan fingerprint density at radius 1 is 1.12 bits per heavy atom. The van der Waals surface area contributed by atoms with Crippen molar-refractivity contribution in [1.29, 1.82) is 0 Å². The van der Waals surface area contributed by atoms with E-state index in [1.54, 1.807) is 34.3 Å². The highest BCUT2D eigenvalue weighted by molar-refractivity contribution is 7.09. The van der Waals surface area contributed by atoms with Crippen LogP contribution in [0.4, 0.5) is 0 Å². The number of amides is 2. The van der Waals surface area contributed by atoms with Crippen LogP contribution < -0.4 is 10.6 Å². The van der Waals surface area contributed by atoms with Gasteiger partial charge in [0.05, 0.1) is 24.4 Å². The van der Waals surface area contributed by atoms with Crippen LogP contribution in [0.25, 0.3) is 11.1 Å². The van der Waals surface area contributed by atoms with Gasteiger partial charge in [-0.2, -0.15) is 5.10 Å². The molecule has 4 unspecified atom stereocenters. The van der Waals surface area contributed by atoms with Crippen LogP contribution in [0.5, 0.6) is 0 Å². The van der Waals surface area contributed by atoms with Gasteiger partial charge in [-0.15, -0.1) is 11.3 Å². The molecule has 4 atom stereocenters. The summed E-state index contributed by atoms with van der Waals surface area (Å²) in [6, 6.07) is 14.5. The van der Waals surface area contributed by atoms with Crippen LogP contribution in [0.3, 0.4) is 0 Å². The first-order valence-electron chi connectivity index (χ1n) is 15.0. The van der Waals surface area contributed by atoms with E-state index in [0.717, 1.165) is 59.6 Å². The first-order valence-corrected chi connectivity index (χ1v) is 15.9. The molecule has 9 nitrogen and oxygen atoms in total. The third-order valence-corrected chi connectivity index (χ3v) is 9.52. The number of aryl methyl sites for hydroxylation is 2. The summed E-state index contributed by atoms with van der Waals surface area (Å²) in [5, 5.41) is 25.2. The SMILES string of the molecule is Cc1csc(C2CCCN2C(=O)c2cc(C(=O)NC(Cc3ccccc3)C(O)C3CCCN3)cc(-c3cnn(C)c3)c2)n1. The summed E-state index contributed by atoms with van der Waals surface area (Å²) < 4.78 is 1.70. The molecule has 2 aromatic carbocycles. The standard InChI is InChI=1S/C33H38N6O3S/c1-21-20-43-32(36-21)29-11-7-13-39(29)33(42)25-16-23(26-18-35-38(2)19-26)15-24(17-25)31(41)37-28(14-22-8-4-3-5-9-22)30(40)27-10-6-12-34-27/h3-5,8-9,15-20,27-30,34,40H,6-7,10-14H2,1-2H3,(H,37,41). The van der Waals surface area contributed by atoms with Crippen LogP contribution >= 0.6 is 11.3 Å². The van der Waals surface area contributed by atoms with E-state index < -0.39 is 12.1 Å². The summed E-state index contributed by atoms with van der Waals surface area (Å²) in [5.74, 6) is -0.447. The molecule has 2 saturated heterocycles. The molecule has 4 aromatic rings. The van der Waals surface area contributed by atoms with E-state index in [1.165, 1.54) is 0 Å². The maximum absolute atomic E-state index is 14.0. The van der Waals surface area contributed by atoms with Gasteiger partial charge in [0.25, 0.3) is 11.8 Å². The summed E-state index contributed by atoms with van der Waals surface area (Å²) in [7, 11) is 1.84. The molecule has 2 aromatic heterocycles. The third-order valence-electron chi connectivity index (χ3n) is 8.45. The number of aliphatic hydroxyl groups is 1. The molecule has 10 heteroatoms. The number of carbonyl (C=O) groups is 2. The highest BCUT2D eigenvalue weighted by Crippen LogP contribution is 2.35. The fraction of sp³-hybridized carbons (Fsp3) is 0.394. The molecular formula is C33H38N6O3S. The first-order chi connectivity index (χ1) is 20.9. The second-order valence-corrected chi connectivity index (χ2v) is 12.5. The van der Waals surface area contributed by atoms with Gasteiger partial charge in [-0.05, 0) is 74.9 Å². The van der Waals surface area contributed by atoms with Crippen molar-refractivity contribution in [2.24, 2.45) is 7.05 Å². The van der Waals surface area contributed by atoms with Crippen molar-refractivity contribution in [2.75, 3.05) is 13.1 Å². The molecule has 0 saturated carbocycles. The van der Waals surface area contributed by atoms with Crippen LogP contribution in [0.1, 0.15) is 68.7 Å². The minimum atomic E-state index is -0.763. The lowest BCUT2D eigenvalue weighted by Crippen LogP contribution is -2.52. The fourth-order valence-corrected chi connectivity index (χ4v) is 7.18. The number of nitrogens with zero attached hydrogens (tertiary/aromatic N) is 4. The van der Waals surface area contributed by atoms with Gasteiger partial charge >= 0.3 is 0 Å². The quantitative estimate of drug-likeness (QED) is 0.265. The number of aromatic nitrogens is 3. The van der Waals surface area contributed by atoms with Crippen LogP contribution in [0, 0.1) is 6.92 Å². The molecule has 224 valence electrons. The molecule has 0 bridgehead atoms. The van der Waals surface area contributed by atoms with Crippen molar-refractivity contribution >= 4 is 23.2 Å². The van der Waals surface area contributed by atoms with Gasteiger partial charge in [0, 0.05) is 53.6 Å². The number of carbonyl (C=O) groups excluding carboxylic acids is 2. The van der Waals surface area contributed by atoms with Crippen molar-refractivity contribution in [3.05, 3.63) is 93.7 Å². The molecular weight excluding hydrogens is 560 g/mol. The van der Waals surface area contributed by atoms with E-state index in [-0.39, 0.29) is 23.9 Å². The normalized spacial score (nSPS) is 19.8. The molecule has 0 spiro atoms. The molecule has 3 N–H and O–H groups in total. The second-order valence-electron chi connectivity index (χ2n) is 11.6. The number of hydrogen-bond acceptors (Lipinski definition) is 7. The van der Waals surface area contributed by atoms with E-state index in [2.05, 4.69) is 20.7 Å². The molecule has 2 amide bonds.